The van der Waals surface area contributed by atoms with Crippen LogP contribution in [0.5, 0.6) is 0 Å². The maximum atomic E-state index is 11.0. The average Bonchev–Trinajstić information content (AvgIpc) is 2.18. The molecule has 0 spiro atoms. The highest BCUT2D eigenvalue weighted by Crippen LogP contribution is 2.21. The fourth-order valence-electron chi connectivity index (χ4n) is 1.65. The minimum Gasteiger partial charge on any atom is -0.478 e. The molecule has 0 bridgehead atoms. The van der Waals surface area contributed by atoms with Crippen molar-refractivity contribution < 1.29 is 14.7 Å². The first-order chi connectivity index (χ1) is 7.90. The third kappa shape index (κ3) is 3.90. The van der Waals surface area contributed by atoms with Crippen LogP contribution < -0.4 is 5.32 Å². The third-order valence-corrected chi connectivity index (χ3v) is 2.29. The van der Waals surface area contributed by atoms with Gasteiger partial charge < -0.3 is 10.4 Å². The number of aromatic carboxylic acids is 1. The number of benzene rings is 1. The van der Waals surface area contributed by atoms with Gasteiger partial charge in [-0.15, -0.1) is 0 Å². The van der Waals surface area contributed by atoms with E-state index in [-0.39, 0.29) is 11.5 Å². The number of rotatable bonds is 4. The molecule has 0 aliphatic rings. The first-order valence-electron chi connectivity index (χ1n) is 5.54. The lowest BCUT2D eigenvalue weighted by molar-refractivity contribution is -0.114. The molecule has 1 rings (SSSR count). The van der Waals surface area contributed by atoms with E-state index in [1.54, 1.807) is 12.1 Å². The Morgan fingerprint density at radius 1 is 1.35 bits per heavy atom. The summed E-state index contributed by atoms with van der Waals surface area (Å²) in [7, 11) is 0. The molecular formula is C13H17NO3. The van der Waals surface area contributed by atoms with Crippen LogP contribution in [0.25, 0.3) is 0 Å². The number of nitrogens with one attached hydrogen (secondary N) is 1. The van der Waals surface area contributed by atoms with Crippen molar-refractivity contribution in [2.24, 2.45) is 5.92 Å². The Hall–Kier alpha value is -1.84. The first-order valence-corrected chi connectivity index (χ1v) is 5.54. The zero-order valence-electron chi connectivity index (χ0n) is 10.3. The fourth-order valence-corrected chi connectivity index (χ4v) is 1.65. The van der Waals surface area contributed by atoms with Gasteiger partial charge in [0, 0.05) is 12.6 Å². The Balaban J connectivity index is 3.11. The normalized spacial score (nSPS) is 10.4. The summed E-state index contributed by atoms with van der Waals surface area (Å²) in [5, 5.41) is 11.6. The zero-order valence-corrected chi connectivity index (χ0v) is 10.3. The predicted molar refractivity (Wildman–Crippen MR) is 66.2 cm³/mol. The standard InChI is InChI=1S/C13H17NO3/c1-8(2)6-11-7-10(13(16)17)4-5-12(11)14-9(3)15/h4-5,7-8H,6H2,1-3H3,(H,14,15)(H,16,17). The van der Waals surface area contributed by atoms with Gasteiger partial charge in [-0.1, -0.05) is 13.8 Å². The molecule has 0 aliphatic carbocycles. The average molecular weight is 235 g/mol. The molecule has 0 fully saturated rings. The molecular weight excluding hydrogens is 218 g/mol. The van der Waals surface area contributed by atoms with Gasteiger partial charge in [-0.05, 0) is 36.1 Å². The Kier molecular flexibility index (Phi) is 4.26. The molecule has 0 radical (unpaired) electrons. The Morgan fingerprint density at radius 3 is 2.47 bits per heavy atom. The highest BCUT2D eigenvalue weighted by Gasteiger charge is 2.10. The van der Waals surface area contributed by atoms with Crippen LogP contribution in [-0.4, -0.2) is 17.0 Å². The second kappa shape index (κ2) is 5.48. The van der Waals surface area contributed by atoms with Gasteiger partial charge in [0.25, 0.3) is 0 Å². The van der Waals surface area contributed by atoms with Crippen LogP contribution in [0.4, 0.5) is 5.69 Å². The lowest BCUT2D eigenvalue weighted by Crippen LogP contribution is -2.10. The van der Waals surface area contributed by atoms with Gasteiger partial charge in [0.15, 0.2) is 0 Å². The number of carbonyl (C=O) groups excluding carboxylic acids is 1. The second-order valence-corrected chi connectivity index (χ2v) is 4.46. The SMILES string of the molecule is CC(=O)Nc1ccc(C(=O)O)cc1CC(C)C. The lowest BCUT2D eigenvalue weighted by atomic mass is 9.99. The Bertz CT molecular complexity index is 438. The molecule has 0 heterocycles. The van der Waals surface area contributed by atoms with E-state index in [0.29, 0.717) is 11.6 Å². The van der Waals surface area contributed by atoms with E-state index in [1.807, 2.05) is 13.8 Å². The molecule has 1 aromatic carbocycles. The fraction of sp³-hybridized carbons (Fsp3) is 0.385. The number of carboxylic acids is 1. The quantitative estimate of drug-likeness (QED) is 0.842. The number of carbonyl (C=O) groups is 2. The van der Waals surface area contributed by atoms with Gasteiger partial charge in [0.2, 0.25) is 5.91 Å². The van der Waals surface area contributed by atoms with E-state index < -0.39 is 5.97 Å². The topological polar surface area (TPSA) is 66.4 Å². The van der Waals surface area contributed by atoms with Crippen LogP contribution in [0.2, 0.25) is 0 Å². The highest BCUT2D eigenvalue weighted by molar-refractivity contribution is 5.92. The molecule has 0 unspecified atom stereocenters. The third-order valence-electron chi connectivity index (χ3n) is 2.29. The number of amides is 1. The van der Waals surface area contributed by atoms with E-state index in [1.165, 1.54) is 13.0 Å². The summed E-state index contributed by atoms with van der Waals surface area (Å²) < 4.78 is 0. The summed E-state index contributed by atoms with van der Waals surface area (Å²) in [6.07, 6.45) is 0.733. The molecule has 2 N–H and O–H groups in total. The Morgan fingerprint density at radius 2 is 2.00 bits per heavy atom. The van der Waals surface area contributed by atoms with Crippen LogP contribution in [0.3, 0.4) is 0 Å². The van der Waals surface area contributed by atoms with Crippen LogP contribution >= 0.6 is 0 Å². The first kappa shape index (κ1) is 13.2. The van der Waals surface area contributed by atoms with E-state index >= 15 is 0 Å². The summed E-state index contributed by atoms with van der Waals surface area (Å²) in [5.41, 5.74) is 1.79. The van der Waals surface area contributed by atoms with Crippen molar-refractivity contribution in [1.82, 2.24) is 0 Å². The van der Waals surface area contributed by atoms with Crippen molar-refractivity contribution in [2.75, 3.05) is 5.32 Å². The van der Waals surface area contributed by atoms with Crippen molar-refractivity contribution in [2.45, 2.75) is 27.2 Å². The lowest BCUT2D eigenvalue weighted by Gasteiger charge is -2.12. The molecule has 4 nitrogen and oxygen atoms in total. The van der Waals surface area contributed by atoms with Crippen LogP contribution in [0.15, 0.2) is 18.2 Å². The molecule has 4 heteroatoms. The van der Waals surface area contributed by atoms with Crippen molar-refractivity contribution in [3.05, 3.63) is 29.3 Å². The Labute approximate surface area is 101 Å². The van der Waals surface area contributed by atoms with Gasteiger partial charge >= 0.3 is 5.97 Å². The van der Waals surface area contributed by atoms with E-state index in [9.17, 15) is 9.59 Å². The number of hydrogen-bond acceptors (Lipinski definition) is 2. The van der Waals surface area contributed by atoms with Gasteiger partial charge in [0.1, 0.15) is 0 Å². The van der Waals surface area contributed by atoms with Crippen molar-refractivity contribution in [3.63, 3.8) is 0 Å². The predicted octanol–water partition coefficient (Wildman–Crippen LogP) is 2.54. The molecule has 0 atom stereocenters. The molecule has 0 saturated heterocycles. The summed E-state index contributed by atoms with van der Waals surface area (Å²) >= 11 is 0. The maximum Gasteiger partial charge on any atom is 0.335 e. The number of anilines is 1. The number of hydrogen-bond donors (Lipinski definition) is 2. The van der Waals surface area contributed by atoms with Crippen LogP contribution in [0, 0.1) is 5.92 Å². The van der Waals surface area contributed by atoms with Gasteiger partial charge in [-0.3, -0.25) is 4.79 Å². The minimum atomic E-state index is -0.954. The van der Waals surface area contributed by atoms with Crippen molar-refractivity contribution >= 4 is 17.6 Å². The second-order valence-electron chi connectivity index (χ2n) is 4.46. The maximum absolute atomic E-state index is 11.0. The van der Waals surface area contributed by atoms with E-state index in [2.05, 4.69) is 5.32 Å². The highest BCUT2D eigenvalue weighted by atomic mass is 16.4. The molecule has 92 valence electrons. The van der Waals surface area contributed by atoms with E-state index in [0.717, 1.165) is 12.0 Å². The van der Waals surface area contributed by atoms with Gasteiger partial charge in [-0.2, -0.15) is 0 Å². The smallest absolute Gasteiger partial charge is 0.335 e. The van der Waals surface area contributed by atoms with Crippen molar-refractivity contribution in [3.8, 4) is 0 Å². The minimum absolute atomic E-state index is 0.155. The molecule has 0 saturated carbocycles. The van der Waals surface area contributed by atoms with Crippen LogP contribution in [-0.2, 0) is 11.2 Å². The van der Waals surface area contributed by atoms with E-state index in [4.69, 9.17) is 5.11 Å². The molecule has 0 aliphatic heterocycles. The molecule has 17 heavy (non-hydrogen) atoms. The number of carboxylic acid groups (broad SMARTS) is 1. The summed E-state index contributed by atoms with van der Waals surface area (Å²) in [6, 6.07) is 4.76. The van der Waals surface area contributed by atoms with Crippen molar-refractivity contribution in [1.29, 1.82) is 0 Å². The molecule has 0 aromatic heterocycles. The summed E-state index contributed by atoms with van der Waals surface area (Å²) in [5.74, 6) is -0.714. The van der Waals surface area contributed by atoms with Gasteiger partial charge in [-0.25, -0.2) is 4.79 Å². The monoisotopic (exact) mass is 235 g/mol. The largest absolute Gasteiger partial charge is 0.478 e. The van der Waals surface area contributed by atoms with Gasteiger partial charge in [0.05, 0.1) is 5.56 Å². The zero-order chi connectivity index (χ0) is 13.0. The van der Waals surface area contributed by atoms with Crippen LogP contribution in [0.1, 0.15) is 36.7 Å². The summed E-state index contributed by atoms with van der Waals surface area (Å²) in [6.45, 7) is 5.53. The summed E-state index contributed by atoms with van der Waals surface area (Å²) in [4.78, 5) is 21.9. The molecule has 1 amide bonds. The molecule has 1 aromatic rings.